The van der Waals surface area contributed by atoms with E-state index >= 15 is 0 Å². The number of piperazine rings is 1. The van der Waals surface area contributed by atoms with Crippen LogP contribution in [0.2, 0.25) is 9.36 Å². The number of hydrogen-bond donors (Lipinski definition) is 0. The maximum absolute atomic E-state index is 12.7. The van der Waals surface area contributed by atoms with Gasteiger partial charge in [0.1, 0.15) is 4.21 Å². The van der Waals surface area contributed by atoms with Crippen LogP contribution in [0.4, 0.5) is 0 Å². The number of thiophene rings is 1. The molecular weight excluding hydrogens is 425 g/mol. The van der Waals surface area contributed by atoms with E-state index in [1.165, 1.54) is 4.31 Å². The molecule has 1 aliphatic rings. The number of benzene rings is 1. The van der Waals surface area contributed by atoms with Gasteiger partial charge in [-0.1, -0.05) is 29.3 Å². The Balaban J connectivity index is 1.47. The van der Waals surface area contributed by atoms with Crippen molar-refractivity contribution in [1.82, 2.24) is 14.2 Å². The van der Waals surface area contributed by atoms with Crippen LogP contribution < -0.4 is 0 Å². The molecule has 0 atom stereocenters. The van der Waals surface area contributed by atoms with Crippen LogP contribution in [0.15, 0.2) is 46.8 Å². The number of hydrogen-bond acceptors (Lipinski definition) is 5. The lowest BCUT2D eigenvalue weighted by Gasteiger charge is -2.33. The fourth-order valence-electron chi connectivity index (χ4n) is 3.26. The molecule has 27 heavy (non-hydrogen) atoms. The Labute approximate surface area is 172 Å². The van der Waals surface area contributed by atoms with E-state index in [1.807, 2.05) is 24.3 Å². The number of nitrogens with zero attached hydrogens (tertiary/aromatic N) is 3. The predicted octanol–water partition coefficient (Wildman–Crippen LogP) is 4.11. The van der Waals surface area contributed by atoms with Gasteiger partial charge in [0.25, 0.3) is 10.0 Å². The maximum Gasteiger partial charge on any atom is 0.252 e. The molecule has 4 rings (SSSR count). The second-order valence-electron chi connectivity index (χ2n) is 6.34. The lowest BCUT2D eigenvalue weighted by Crippen LogP contribution is -2.48. The van der Waals surface area contributed by atoms with Gasteiger partial charge in [-0.3, -0.25) is 9.88 Å². The molecule has 1 aliphatic heterocycles. The minimum atomic E-state index is -3.47. The van der Waals surface area contributed by atoms with Crippen LogP contribution in [-0.4, -0.2) is 48.8 Å². The van der Waals surface area contributed by atoms with Gasteiger partial charge in [0.15, 0.2) is 0 Å². The molecule has 1 saturated heterocycles. The zero-order chi connectivity index (χ0) is 19.0. The number of sulfonamides is 1. The average Bonchev–Trinajstić information content (AvgIpc) is 3.12. The summed E-state index contributed by atoms with van der Waals surface area (Å²) in [6.07, 6.45) is 1.76. The molecule has 142 valence electrons. The van der Waals surface area contributed by atoms with Crippen molar-refractivity contribution in [1.29, 1.82) is 0 Å². The number of fused-ring (bicyclic) bond motifs is 1. The van der Waals surface area contributed by atoms with Gasteiger partial charge in [-0.05, 0) is 35.9 Å². The van der Waals surface area contributed by atoms with E-state index in [9.17, 15) is 8.42 Å². The maximum atomic E-state index is 12.7. The molecule has 2 aromatic heterocycles. The van der Waals surface area contributed by atoms with Crippen LogP contribution in [0, 0.1) is 0 Å². The third-order valence-corrected chi connectivity index (χ3v) is 8.59. The lowest BCUT2D eigenvalue weighted by atomic mass is 10.1. The Morgan fingerprint density at radius 3 is 2.52 bits per heavy atom. The van der Waals surface area contributed by atoms with Crippen LogP contribution in [0.5, 0.6) is 0 Å². The second kappa shape index (κ2) is 7.66. The summed E-state index contributed by atoms with van der Waals surface area (Å²) in [6, 6.07) is 10.9. The summed E-state index contributed by atoms with van der Waals surface area (Å²) in [5, 5.41) is 1.62. The van der Waals surface area contributed by atoms with E-state index in [4.69, 9.17) is 23.2 Å². The fourth-order valence-corrected chi connectivity index (χ4v) is 6.53. The summed E-state index contributed by atoms with van der Waals surface area (Å²) >= 11 is 13.3. The van der Waals surface area contributed by atoms with Crippen molar-refractivity contribution in [3.8, 4) is 0 Å². The highest BCUT2D eigenvalue weighted by Crippen LogP contribution is 2.29. The molecule has 0 saturated carbocycles. The van der Waals surface area contributed by atoms with Gasteiger partial charge in [-0.2, -0.15) is 4.31 Å². The van der Waals surface area contributed by atoms with Gasteiger partial charge >= 0.3 is 0 Å². The Hall–Kier alpha value is -1.22. The number of aromatic nitrogens is 1. The summed E-state index contributed by atoms with van der Waals surface area (Å²) in [7, 11) is -3.47. The largest absolute Gasteiger partial charge is 0.296 e. The first kappa shape index (κ1) is 19.1. The SMILES string of the molecule is O=S(=O)(c1ccc(Cl)s1)N1CCN(Cc2ccc(Cl)c3cccnc23)CC1. The molecular formula is C18H17Cl2N3O2S2. The molecule has 0 spiro atoms. The van der Waals surface area contributed by atoms with Gasteiger partial charge in [0, 0.05) is 49.3 Å². The monoisotopic (exact) mass is 441 g/mol. The molecule has 0 amide bonds. The van der Waals surface area contributed by atoms with E-state index in [0.717, 1.165) is 27.8 Å². The van der Waals surface area contributed by atoms with Gasteiger partial charge in [-0.25, -0.2) is 8.42 Å². The van der Waals surface area contributed by atoms with E-state index in [1.54, 1.807) is 18.3 Å². The number of halogens is 2. The Bertz CT molecular complexity index is 1080. The van der Waals surface area contributed by atoms with Crippen LogP contribution in [-0.2, 0) is 16.6 Å². The van der Waals surface area contributed by atoms with Crippen molar-refractivity contribution < 1.29 is 8.42 Å². The summed E-state index contributed by atoms with van der Waals surface area (Å²) < 4.78 is 27.7. The minimum absolute atomic E-state index is 0.300. The van der Waals surface area contributed by atoms with Crippen molar-refractivity contribution in [3.63, 3.8) is 0 Å². The summed E-state index contributed by atoms with van der Waals surface area (Å²) in [5.41, 5.74) is 1.99. The van der Waals surface area contributed by atoms with Crippen LogP contribution in [0.25, 0.3) is 10.9 Å². The quantitative estimate of drug-likeness (QED) is 0.610. The molecule has 0 aliphatic carbocycles. The summed E-state index contributed by atoms with van der Waals surface area (Å²) in [5.74, 6) is 0. The zero-order valence-corrected chi connectivity index (χ0v) is 17.5. The van der Waals surface area contributed by atoms with Gasteiger partial charge in [0.05, 0.1) is 9.85 Å². The van der Waals surface area contributed by atoms with Crippen LogP contribution in [0.1, 0.15) is 5.56 Å². The topological polar surface area (TPSA) is 53.5 Å². The lowest BCUT2D eigenvalue weighted by molar-refractivity contribution is 0.182. The molecule has 3 heterocycles. The van der Waals surface area contributed by atoms with Gasteiger partial charge in [0.2, 0.25) is 0 Å². The number of rotatable bonds is 4. The molecule has 0 N–H and O–H groups in total. The van der Waals surface area contributed by atoms with Crippen molar-refractivity contribution in [3.05, 3.63) is 57.5 Å². The summed E-state index contributed by atoms with van der Waals surface area (Å²) in [4.78, 5) is 6.72. The van der Waals surface area contributed by atoms with Gasteiger partial charge < -0.3 is 0 Å². The first-order valence-corrected chi connectivity index (χ1v) is 11.5. The molecule has 5 nitrogen and oxygen atoms in total. The van der Waals surface area contributed by atoms with Gasteiger partial charge in [-0.15, -0.1) is 11.3 Å². The van der Waals surface area contributed by atoms with E-state index in [2.05, 4.69) is 9.88 Å². The van der Waals surface area contributed by atoms with E-state index in [0.29, 0.717) is 46.3 Å². The normalized spacial score (nSPS) is 16.8. The standard InChI is InChI=1S/C18H17Cl2N3O2S2/c19-15-4-3-13(18-14(15)2-1-7-21-18)12-22-8-10-23(11-9-22)27(24,25)17-6-5-16(20)26-17/h1-7H,8-12H2. The highest BCUT2D eigenvalue weighted by Gasteiger charge is 2.29. The highest BCUT2D eigenvalue weighted by atomic mass is 35.5. The molecule has 0 unspecified atom stereocenters. The van der Waals surface area contributed by atoms with Crippen LogP contribution >= 0.6 is 34.5 Å². The molecule has 1 aromatic carbocycles. The van der Waals surface area contributed by atoms with Crippen molar-refractivity contribution in [2.24, 2.45) is 0 Å². The van der Waals surface area contributed by atoms with Crippen molar-refractivity contribution in [2.45, 2.75) is 10.8 Å². The fraction of sp³-hybridized carbons (Fsp3) is 0.278. The second-order valence-corrected chi connectivity index (χ2v) is 10.6. The smallest absolute Gasteiger partial charge is 0.252 e. The van der Waals surface area contributed by atoms with E-state index < -0.39 is 10.0 Å². The third-order valence-electron chi connectivity index (χ3n) is 4.67. The molecule has 0 radical (unpaired) electrons. The van der Waals surface area contributed by atoms with Crippen LogP contribution in [0.3, 0.4) is 0 Å². The van der Waals surface area contributed by atoms with Crippen molar-refractivity contribution >= 4 is 55.5 Å². The molecule has 0 bridgehead atoms. The highest BCUT2D eigenvalue weighted by molar-refractivity contribution is 7.91. The first-order valence-electron chi connectivity index (χ1n) is 8.45. The Morgan fingerprint density at radius 2 is 1.81 bits per heavy atom. The third kappa shape index (κ3) is 3.85. The van der Waals surface area contributed by atoms with Crippen molar-refractivity contribution in [2.75, 3.05) is 26.2 Å². The minimum Gasteiger partial charge on any atom is -0.296 e. The zero-order valence-electron chi connectivity index (χ0n) is 14.3. The molecule has 1 fully saturated rings. The average molecular weight is 442 g/mol. The predicted molar refractivity (Wildman–Crippen MR) is 110 cm³/mol. The Kier molecular flexibility index (Phi) is 5.42. The number of pyridine rings is 1. The molecule has 9 heteroatoms. The Morgan fingerprint density at radius 1 is 1.04 bits per heavy atom. The molecule has 3 aromatic rings. The summed E-state index contributed by atoms with van der Waals surface area (Å²) in [6.45, 7) is 2.95. The van der Waals surface area contributed by atoms with E-state index in [-0.39, 0.29) is 0 Å². The first-order chi connectivity index (χ1) is 12.9.